The van der Waals surface area contributed by atoms with E-state index >= 15 is 0 Å². The zero-order chi connectivity index (χ0) is 14.8. The van der Waals surface area contributed by atoms with Gasteiger partial charge in [0.25, 0.3) is 0 Å². The standard InChI is InChI=1S/C16H22N2O3/c1-11(12-7-8-21-10-12)18-15(19)9-17-16(18)13-5-3-4-6-14(13)20-2/h3-6,11-12,16-17H,7-10H2,1-2H3. The number of hydrogen-bond donors (Lipinski definition) is 1. The van der Waals surface area contributed by atoms with E-state index in [2.05, 4.69) is 12.2 Å². The van der Waals surface area contributed by atoms with Crippen molar-refractivity contribution in [2.75, 3.05) is 26.9 Å². The number of nitrogens with zero attached hydrogens (tertiary/aromatic N) is 1. The number of rotatable bonds is 4. The third kappa shape index (κ3) is 2.63. The lowest BCUT2D eigenvalue weighted by Gasteiger charge is -2.34. The molecule has 3 atom stereocenters. The molecule has 1 N–H and O–H groups in total. The molecule has 0 aromatic heterocycles. The minimum absolute atomic E-state index is 0.121. The second-order valence-corrected chi connectivity index (χ2v) is 5.69. The fourth-order valence-corrected chi connectivity index (χ4v) is 3.29. The topological polar surface area (TPSA) is 50.8 Å². The third-order valence-corrected chi connectivity index (χ3v) is 4.53. The Morgan fingerprint density at radius 1 is 1.43 bits per heavy atom. The predicted octanol–water partition coefficient (Wildman–Crippen LogP) is 1.55. The first-order chi connectivity index (χ1) is 10.2. The quantitative estimate of drug-likeness (QED) is 0.914. The Bertz CT molecular complexity index is 514. The van der Waals surface area contributed by atoms with Crippen LogP contribution < -0.4 is 10.1 Å². The summed E-state index contributed by atoms with van der Waals surface area (Å²) in [6.07, 6.45) is 0.896. The van der Waals surface area contributed by atoms with E-state index in [0.29, 0.717) is 12.5 Å². The smallest absolute Gasteiger partial charge is 0.238 e. The fourth-order valence-electron chi connectivity index (χ4n) is 3.29. The first-order valence-electron chi connectivity index (χ1n) is 7.47. The maximum absolute atomic E-state index is 12.3. The molecule has 2 aliphatic rings. The molecular weight excluding hydrogens is 268 g/mol. The highest BCUT2D eigenvalue weighted by molar-refractivity contribution is 5.81. The van der Waals surface area contributed by atoms with Gasteiger partial charge in [0.05, 0.1) is 20.3 Å². The average Bonchev–Trinajstić information content (AvgIpc) is 3.16. The van der Waals surface area contributed by atoms with E-state index in [1.807, 2.05) is 29.2 Å². The summed E-state index contributed by atoms with van der Waals surface area (Å²) in [5.74, 6) is 1.36. The van der Waals surface area contributed by atoms with Gasteiger partial charge in [0.15, 0.2) is 0 Å². The summed E-state index contributed by atoms with van der Waals surface area (Å²) in [6.45, 7) is 4.03. The number of hydrogen-bond acceptors (Lipinski definition) is 4. The van der Waals surface area contributed by atoms with E-state index < -0.39 is 0 Å². The zero-order valence-electron chi connectivity index (χ0n) is 12.5. The molecule has 0 spiro atoms. The fraction of sp³-hybridized carbons (Fsp3) is 0.562. The molecule has 1 aromatic rings. The lowest BCUT2D eigenvalue weighted by atomic mass is 9.98. The third-order valence-electron chi connectivity index (χ3n) is 4.53. The number of ether oxygens (including phenoxy) is 2. The van der Waals surface area contributed by atoms with Crippen LogP contribution in [0.4, 0.5) is 0 Å². The van der Waals surface area contributed by atoms with Gasteiger partial charge in [0, 0.05) is 24.1 Å². The van der Waals surface area contributed by atoms with Gasteiger partial charge in [-0.15, -0.1) is 0 Å². The highest BCUT2D eigenvalue weighted by Gasteiger charge is 2.39. The lowest BCUT2D eigenvalue weighted by Crippen LogP contribution is -2.42. The van der Waals surface area contributed by atoms with Gasteiger partial charge < -0.3 is 14.4 Å². The van der Waals surface area contributed by atoms with E-state index in [-0.39, 0.29) is 18.1 Å². The molecule has 2 fully saturated rings. The Morgan fingerprint density at radius 2 is 2.24 bits per heavy atom. The number of methoxy groups -OCH3 is 1. The number of benzene rings is 1. The predicted molar refractivity (Wildman–Crippen MR) is 79.0 cm³/mol. The van der Waals surface area contributed by atoms with Crippen molar-refractivity contribution in [2.45, 2.75) is 25.6 Å². The molecular formula is C16H22N2O3. The highest BCUT2D eigenvalue weighted by atomic mass is 16.5. The van der Waals surface area contributed by atoms with E-state index in [1.165, 1.54) is 0 Å². The van der Waals surface area contributed by atoms with E-state index in [4.69, 9.17) is 9.47 Å². The molecule has 5 heteroatoms. The Labute approximate surface area is 125 Å². The maximum Gasteiger partial charge on any atom is 0.238 e. The summed E-state index contributed by atoms with van der Waals surface area (Å²) in [5, 5.41) is 3.31. The molecule has 1 amide bonds. The number of nitrogens with one attached hydrogen (secondary N) is 1. The summed E-state index contributed by atoms with van der Waals surface area (Å²) < 4.78 is 10.9. The van der Waals surface area contributed by atoms with Crippen molar-refractivity contribution in [3.63, 3.8) is 0 Å². The van der Waals surface area contributed by atoms with Gasteiger partial charge in [-0.2, -0.15) is 0 Å². The van der Waals surface area contributed by atoms with Gasteiger partial charge in [0.2, 0.25) is 5.91 Å². The van der Waals surface area contributed by atoms with Crippen molar-refractivity contribution in [2.24, 2.45) is 5.92 Å². The lowest BCUT2D eigenvalue weighted by molar-refractivity contribution is -0.131. The van der Waals surface area contributed by atoms with Crippen LogP contribution in [0.2, 0.25) is 0 Å². The molecule has 3 rings (SSSR count). The van der Waals surface area contributed by atoms with E-state index in [0.717, 1.165) is 30.9 Å². The largest absolute Gasteiger partial charge is 0.496 e. The van der Waals surface area contributed by atoms with Gasteiger partial charge in [-0.05, 0) is 19.4 Å². The second kappa shape index (κ2) is 6.03. The molecule has 2 heterocycles. The van der Waals surface area contributed by atoms with Gasteiger partial charge in [-0.1, -0.05) is 18.2 Å². The van der Waals surface area contributed by atoms with Crippen LogP contribution in [0.25, 0.3) is 0 Å². The van der Waals surface area contributed by atoms with Crippen LogP contribution >= 0.6 is 0 Å². The van der Waals surface area contributed by atoms with Crippen molar-refractivity contribution in [1.82, 2.24) is 10.2 Å². The van der Waals surface area contributed by atoms with Crippen LogP contribution in [-0.4, -0.2) is 43.7 Å². The molecule has 1 aromatic carbocycles. The monoisotopic (exact) mass is 290 g/mol. The number of para-hydroxylation sites is 1. The van der Waals surface area contributed by atoms with Crippen LogP contribution in [0.3, 0.4) is 0 Å². The maximum atomic E-state index is 12.3. The number of carbonyl (C=O) groups excluding carboxylic acids is 1. The molecule has 5 nitrogen and oxygen atoms in total. The van der Waals surface area contributed by atoms with Gasteiger partial charge in [-0.25, -0.2) is 0 Å². The zero-order valence-corrected chi connectivity index (χ0v) is 12.5. The van der Waals surface area contributed by atoms with Crippen LogP contribution in [-0.2, 0) is 9.53 Å². The molecule has 2 aliphatic heterocycles. The molecule has 2 saturated heterocycles. The van der Waals surface area contributed by atoms with E-state index in [9.17, 15) is 4.79 Å². The van der Waals surface area contributed by atoms with Gasteiger partial charge >= 0.3 is 0 Å². The molecule has 0 bridgehead atoms. The summed E-state index contributed by atoms with van der Waals surface area (Å²) in [4.78, 5) is 14.3. The van der Waals surface area contributed by atoms with Crippen molar-refractivity contribution in [3.05, 3.63) is 29.8 Å². The van der Waals surface area contributed by atoms with Crippen LogP contribution in [0, 0.1) is 5.92 Å². The van der Waals surface area contributed by atoms with Crippen LogP contribution in [0.15, 0.2) is 24.3 Å². The Kier molecular flexibility index (Phi) is 4.12. The number of amides is 1. The minimum atomic E-state index is -0.121. The summed E-state index contributed by atoms with van der Waals surface area (Å²) in [5.41, 5.74) is 1.01. The first kappa shape index (κ1) is 14.4. The molecule has 0 aliphatic carbocycles. The Hall–Kier alpha value is -1.59. The second-order valence-electron chi connectivity index (χ2n) is 5.69. The van der Waals surface area contributed by atoms with Crippen molar-refractivity contribution in [1.29, 1.82) is 0 Å². The van der Waals surface area contributed by atoms with Crippen LogP contribution in [0.1, 0.15) is 25.1 Å². The van der Waals surface area contributed by atoms with Crippen molar-refractivity contribution < 1.29 is 14.3 Å². The molecule has 114 valence electrons. The first-order valence-corrected chi connectivity index (χ1v) is 7.47. The van der Waals surface area contributed by atoms with Crippen LogP contribution in [0.5, 0.6) is 5.75 Å². The Balaban J connectivity index is 1.88. The van der Waals surface area contributed by atoms with Crippen molar-refractivity contribution >= 4 is 5.91 Å². The van der Waals surface area contributed by atoms with Crippen molar-refractivity contribution in [3.8, 4) is 5.75 Å². The summed E-state index contributed by atoms with van der Waals surface area (Å²) in [6, 6.07) is 8.02. The van der Waals surface area contributed by atoms with E-state index in [1.54, 1.807) is 7.11 Å². The summed E-state index contributed by atoms with van der Waals surface area (Å²) in [7, 11) is 1.66. The minimum Gasteiger partial charge on any atom is -0.496 e. The van der Waals surface area contributed by atoms with Gasteiger partial charge in [0.1, 0.15) is 11.9 Å². The molecule has 21 heavy (non-hydrogen) atoms. The molecule has 0 radical (unpaired) electrons. The SMILES string of the molecule is COc1ccccc1C1NCC(=O)N1C(C)C1CCOC1. The highest BCUT2D eigenvalue weighted by Crippen LogP contribution is 2.34. The van der Waals surface area contributed by atoms with Gasteiger partial charge in [-0.3, -0.25) is 10.1 Å². The normalized spacial score (nSPS) is 27.1. The molecule has 0 saturated carbocycles. The average molecular weight is 290 g/mol. The molecule has 3 unspecified atom stereocenters. The summed E-state index contributed by atoms with van der Waals surface area (Å²) >= 11 is 0. The Morgan fingerprint density at radius 3 is 2.95 bits per heavy atom. The number of carbonyl (C=O) groups is 1.